The van der Waals surface area contributed by atoms with Crippen molar-refractivity contribution in [3.8, 4) is 0 Å². The molecule has 0 saturated carbocycles. The summed E-state index contributed by atoms with van der Waals surface area (Å²) in [5, 5.41) is 1.70. The summed E-state index contributed by atoms with van der Waals surface area (Å²) >= 11 is 6.24. The topological polar surface area (TPSA) is 70.2 Å². The van der Waals surface area contributed by atoms with E-state index in [9.17, 15) is 13.2 Å². The fourth-order valence-corrected chi connectivity index (χ4v) is 4.96. The SMILES string of the molecule is CC(C)C[C@H]1c2[nH]c3ccc(Cl)cc3c2CCN1c1nc(N2CCOCC2)nc(C(F)(F)F)n1. The fraction of sp³-hybridized carbons (Fsp3) is 0.522. The molecule has 2 aliphatic heterocycles. The molecule has 0 radical (unpaired) electrons. The third-order valence-electron chi connectivity index (χ3n) is 6.32. The van der Waals surface area contributed by atoms with Gasteiger partial charge in [0.15, 0.2) is 0 Å². The number of halogens is 4. The van der Waals surface area contributed by atoms with Gasteiger partial charge in [0, 0.05) is 41.3 Å². The second kappa shape index (κ2) is 8.88. The van der Waals surface area contributed by atoms with Crippen molar-refractivity contribution < 1.29 is 17.9 Å². The number of rotatable bonds is 4. The van der Waals surface area contributed by atoms with Crippen molar-refractivity contribution in [1.82, 2.24) is 19.9 Å². The van der Waals surface area contributed by atoms with E-state index in [2.05, 4.69) is 33.8 Å². The Balaban J connectivity index is 1.61. The Kier molecular flexibility index (Phi) is 6.05. The van der Waals surface area contributed by atoms with Crippen LogP contribution in [0.2, 0.25) is 5.02 Å². The first kappa shape index (κ1) is 23.2. The van der Waals surface area contributed by atoms with Gasteiger partial charge in [-0.2, -0.15) is 28.1 Å². The smallest absolute Gasteiger partial charge is 0.378 e. The average molecular weight is 495 g/mol. The fourth-order valence-electron chi connectivity index (χ4n) is 4.78. The maximum Gasteiger partial charge on any atom is 0.451 e. The Morgan fingerprint density at radius 3 is 2.56 bits per heavy atom. The summed E-state index contributed by atoms with van der Waals surface area (Å²) in [6.45, 7) is 6.39. The Morgan fingerprint density at radius 2 is 1.85 bits per heavy atom. The molecule has 0 spiro atoms. The number of morpholine rings is 1. The normalized spacial score (nSPS) is 19.2. The van der Waals surface area contributed by atoms with Gasteiger partial charge in [-0.15, -0.1) is 0 Å². The van der Waals surface area contributed by atoms with Crippen LogP contribution in [0, 0.1) is 5.92 Å². The molecule has 5 rings (SSSR count). The van der Waals surface area contributed by atoms with E-state index in [1.54, 1.807) is 4.90 Å². The van der Waals surface area contributed by atoms with Crippen LogP contribution in [0.3, 0.4) is 0 Å². The van der Waals surface area contributed by atoms with Crippen LogP contribution in [-0.4, -0.2) is 52.8 Å². The van der Waals surface area contributed by atoms with Gasteiger partial charge in [-0.05, 0) is 42.5 Å². The van der Waals surface area contributed by atoms with Crippen molar-refractivity contribution in [3.05, 3.63) is 40.3 Å². The van der Waals surface area contributed by atoms with E-state index in [0.717, 1.165) is 28.6 Å². The van der Waals surface area contributed by atoms with Crippen molar-refractivity contribution in [2.24, 2.45) is 5.92 Å². The maximum absolute atomic E-state index is 13.8. The predicted octanol–water partition coefficient (Wildman–Crippen LogP) is 5.01. The zero-order valence-corrected chi connectivity index (χ0v) is 19.7. The highest BCUT2D eigenvalue weighted by molar-refractivity contribution is 6.31. The summed E-state index contributed by atoms with van der Waals surface area (Å²) in [4.78, 5) is 19.3. The minimum atomic E-state index is -4.68. The molecular formula is C23H26ClF3N6O. The summed E-state index contributed by atoms with van der Waals surface area (Å²) in [7, 11) is 0. The van der Waals surface area contributed by atoms with Crippen LogP contribution in [-0.2, 0) is 17.3 Å². The lowest BCUT2D eigenvalue weighted by Crippen LogP contribution is -2.40. The maximum atomic E-state index is 13.8. The van der Waals surface area contributed by atoms with Gasteiger partial charge < -0.3 is 19.5 Å². The third-order valence-corrected chi connectivity index (χ3v) is 6.56. The van der Waals surface area contributed by atoms with Gasteiger partial charge in [-0.1, -0.05) is 25.4 Å². The molecule has 4 heterocycles. The van der Waals surface area contributed by atoms with E-state index in [1.807, 2.05) is 23.1 Å². The largest absolute Gasteiger partial charge is 0.451 e. The third kappa shape index (κ3) is 4.40. The molecule has 1 atom stereocenters. The number of fused-ring (bicyclic) bond motifs is 3. The van der Waals surface area contributed by atoms with Crippen LogP contribution in [0.1, 0.15) is 43.4 Å². The van der Waals surface area contributed by atoms with Gasteiger partial charge in [-0.25, -0.2) is 0 Å². The predicted molar refractivity (Wildman–Crippen MR) is 124 cm³/mol. The second-order valence-electron chi connectivity index (χ2n) is 9.15. The monoisotopic (exact) mass is 494 g/mol. The molecule has 1 aromatic carbocycles. The number of hydrogen-bond donors (Lipinski definition) is 1. The number of ether oxygens (including phenoxy) is 1. The first-order chi connectivity index (χ1) is 16.2. The molecule has 7 nitrogen and oxygen atoms in total. The molecule has 2 aliphatic rings. The summed E-state index contributed by atoms with van der Waals surface area (Å²) in [5.41, 5.74) is 3.10. The Labute approximate surface area is 200 Å². The van der Waals surface area contributed by atoms with E-state index >= 15 is 0 Å². The first-order valence-electron chi connectivity index (χ1n) is 11.4. The summed E-state index contributed by atoms with van der Waals surface area (Å²) in [6.07, 6.45) is -3.30. The molecule has 1 N–H and O–H groups in total. The van der Waals surface area contributed by atoms with Gasteiger partial charge in [0.1, 0.15) is 0 Å². The summed E-state index contributed by atoms with van der Waals surface area (Å²) < 4.78 is 46.7. The number of aromatic nitrogens is 4. The minimum absolute atomic E-state index is 0.0400. The van der Waals surface area contributed by atoms with Gasteiger partial charge in [0.05, 0.1) is 19.3 Å². The Hall–Kier alpha value is -2.59. The number of alkyl halides is 3. The van der Waals surface area contributed by atoms with Gasteiger partial charge in [0.25, 0.3) is 0 Å². The van der Waals surface area contributed by atoms with Crippen molar-refractivity contribution in [1.29, 1.82) is 0 Å². The van der Waals surface area contributed by atoms with Crippen molar-refractivity contribution in [2.75, 3.05) is 42.6 Å². The first-order valence-corrected chi connectivity index (χ1v) is 11.8. The van der Waals surface area contributed by atoms with E-state index in [-0.39, 0.29) is 17.9 Å². The number of nitrogens with one attached hydrogen (secondary N) is 1. The molecule has 1 fully saturated rings. The molecule has 1 saturated heterocycles. The molecule has 0 unspecified atom stereocenters. The molecule has 0 amide bonds. The van der Waals surface area contributed by atoms with Crippen LogP contribution in [0.15, 0.2) is 18.2 Å². The number of hydrogen-bond acceptors (Lipinski definition) is 6. The molecule has 34 heavy (non-hydrogen) atoms. The number of benzene rings is 1. The van der Waals surface area contributed by atoms with E-state index < -0.39 is 12.0 Å². The quantitative estimate of drug-likeness (QED) is 0.549. The molecule has 182 valence electrons. The Bertz CT molecular complexity index is 1190. The van der Waals surface area contributed by atoms with E-state index in [1.165, 1.54) is 0 Å². The Morgan fingerprint density at radius 1 is 1.12 bits per heavy atom. The van der Waals surface area contributed by atoms with Gasteiger partial charge in [0.2, 0.25) is 17.7 Å². The van der Waals surface area contributed by atoms with Crippen molar-refractivity contribution >= 4 is 34.4 Å². The van der Waals surface area contributed by atoms with Crippen LogP contribution in [0.25, 0.3) is 10.9 Å². The van der Waals surface area contributed by atoms with E-state index in [0.29, 0.717) is 50.2 Å². The number of aromatic amines is 1. The summed E-state index contributed by atoms with van der Waals surface area (Å²) in [5.74, 6) is -0.775. The summed E-state index contributed by atoms with van der Waals surface area (Å²) in [6, 6.07) is 5.51. The zero-order chi connectivity index (χ0) is 24.0. The number of nitrogens with zero attached hydrogens (tertiary/aromatic N) is 5. The minimum Gasteiger partial charge on any atom is -0.378 e. The lowest BCUT2D eigenvalue weighted by molar-refractivity contribution is -0.145. The molecule has 2 aromatic heterocycles. The molecule has 3 aromatic rings. The molecule has 0 bridgehead atoms. The zero-order valence-electron chi connectivity index (χ0n) is 19.0. The average Bonchev–Trinajstić information content (AvgIpc) is 3.17. The van der Waals surface area contributed by atoms with Gasteiger partial charge >= 0.3 is 6.18 Å². The van der Waals surface area contributed by atoms with E-state index in [4.69, 9.17) is 16.3 Å². The number of anilines is 2. The standard InChI is InChI=1S/C23H26ClF3N6O/c1-13(2)11-18-19-15(16-12-14(24)3-4-17(16)28-19)5-6-33(18)22-30-20(23(25,26)27)29-21(31-22)32-7-9-34-10-8-32/h3-4,12-13,18,28H,5-11H2,1-2H3/t18-/m0/s1. The van der Waals surface area contributed by atoms with Crippen molar-refractivity contribution in [3.63, 3.8) is 0 Å². The highest BCUT2D eigenvalue weighted by Crippen LogP contribution is 2.40. The lowest BCUT2D eigenvalue weighted by atomic mass is 9.92. The number of H-pyrrole nitrogens is 1. The molecular weight excluding hydrogens is 469 g/mol. The molecule has 0 aliphatic carbocycles. The highest BCUT2D eigenvalue weighted by Gasteiger charge is 2.39. The lowest BCUT2D eigenvalue weighted by Gasteiger charge is -2.37. The molecule has 11 heteroatoms. The second-order valence-corrected chi connectivity index (χ2v) is 9.59. The van der Waals surface area contributed by atoms with Gasteiger partial charge in [-0.3, -0.25) is 0 Å². The van der Waals surface area contributed by atoms with Crippen LogP contribution >= 0.6 is 11.6 Å². The van der Waals surface area contributed by atoms with Crippen LogP contribution in [0.4, 0.5) is 25.1 Å². The van der Waals surface area contributed by atoms with Crippen LogP contribution < -0.4 is 9.80 Å². The van der Waals surface area contributed by atoms with Crippen LogP contribution in [0.5, 0.6) is 0 Å². The highest BCUT2D eigenvalue weighted by atomic mass is 35.5. The van der Waals surface area contributed by atoms with Crippen molar-refractivity contribution in [2.45, 2.75) is 38.9 Å².